The fourth-order valence-electron chi connectivity index (χ4n) is 1.85. The van der Waals surface area contributed by atoms with E-state index in [-0.39, 0.29) is 5.91 Å². The van der Waals surface area contributed by atoms with Crippen LogP contribution in [0.15, 0.2) is 52.3 Å². The van der Waals surface area contributed by atoms with E-state index in [2.05, 4.69) is 30.4 Å². The number of nitrogen functional groups attached to an aromatic ring is 1. The first-order chi connectivity index (χ1) is 9.60. The van der Waals surface area contributed by atoms with E-state index in [4.69, 9.17) is 5.73 Å². The molecule has 0 atom stereocenters. The Morgan fingerprint density at radius 3 is 2.70 bits per heavy atom. The molecule has 0 saturated carbocycles. The Hall–Kier alpha value is -1.94. The normalized spacial score (nSPS) is 10.3. The van der Waals surface area contributed by atoms with Crippen LogP contribution < -0.4 is 11.1 Å². The predicted molar refractivity (Wildman–Crippen MR) is 84.2 cm³/mol. The lowest BCUT2D eigenvalue weighted by Gasteiger charge is -2.08. The standard InChI is InChI=1S/C16H18N2OS/c1-3-18-16(19)12-7-8-15(14(17)10-12)20-13-6-4-5-11(2)9-13/h4-10H,3,17H2,1-2H3,(H,18,19). The minimum atomic E-state index is -0.0914. The lowest BCUT2D eigenvalue weighted by molar-refractivity contribution is 0.0956. The summed E-state index contributed by atoms with van der Waals surface area (Å²) in [6.45, 7) is 4.56. The van der Waals surface area contributed by atoms with Gasteiger partial charge in [-0.2, -0.15) is 0 Å². The largest absolute Gasteiger partial charge is 0.398 e. The van der Waals surface area contributed by atoms with Crippen molar-refractivity contribution in [3.8, 4) is 0 Å². The fraction of sp³-hybridized carbons (Fsp3) is 0.188. The van der Waals surface area contributed by atoms with Gasteiger partial charge in [0.05, 0.1) is 0 Å². The number of rotatable bonds is 4. The van der Waals surface area contributed by atoms with E-state index in [1.54, 1.807) is 23.9 Å². The topological polar surface area (TPSA) is 55.1 Å². The van der Waals surface area contributed by atoms with E-state index >= 15 is 0 Å². The molecular formula is C16H18N2OS. The molecule has 0 fully saturated rings. The van der Waals surface area contributed by atoms with Gasteiger partial charge in [-0.05, 0) is 44.2 Å². The highest BCUT2D eigenvalue weighted by atomic mass is 32.2. The predicted octanol–water partition coefficient (Wildman–Crippen LogP) is 3.48. The number of carbonyl (C=O) groups is 1. The number of hydrogen-bond acceptors (Lipinski definition) is 3. The number of carbonyl (C=O) groups excluding carboxylic acids is 1. The maximum absolute atomic E-state index is 11.7. The van der Waals surface area contributed by atoms with Crippen LogP contribution in [0.25, 0.3) is 0 Å². The fourth-order valence-corrected chi connectivity index (χ4v) is 2.81. The molecule has 1 amide bonds. The van der Waals surface area contributed by atoms with Gasteiger partial charge < -0.3 is 11.1 Å². The molecule has 0 spiro atoms. The summed E-state index contributed by atoms with van der Waals surface area (Å²) in [4.78, 5) is 13.8. The lowest BCUT2D eigenvalue weighted by atomic mass is 10.2. The van der Waals surface area contributed by atoms with Gasteiger partial charge in [-0.15, -0.1) is 0 Å². The molecule has 0 aliphatic rings. The highest BCUT2D eigenvalue weighted by Gasteiger charge is 2.08. The number of benzene rings is 2. The molecule has 2 aromatic carbocycles. The van der Waals surface area contributed by atoms with Crippen molar-refractivity contribution in [2.24, 2.45) is 0 Å². The van der Waals surface area contributed by atoms with Crippen molar-refractivity contribution in [1.82, 2.24) is 5.32 Å². The SMILES string of the molecule is CCNC(=O)c1ccc(Sc2cccc(C)c2)c(N)c1. The van der Waals surface area contributed by atoms with Crippen molar-refractivity contribution < 1.29 is 4.79 Å². The van der Waals surface area contributed by atoms with Crippen LogP contribution in [0.1, 0.15) is 22.8 Å². The van der Waals surface area contributed by atoms with E-state index in [1.165, 1.54) is 5.56 Å². The molecule has 104 valence electrons. The first-order valence-electron chi connectivity index (χ1n) is 6.52. The number of hydrogen-bond donors (Lipinski definition) is 2. The van der Waals surface area contributed by atoms with E-state index < -0.39 is 0 Å². The summed E-state index contributed by atoms with van der Waals surface area (Å²) in [5.74, 6) is -0.0914. The van der Waals surface area contributed by atoms with Crippen LogP contribution in [-0.2, 0) is 0 Å². The van der Waals surface area contributed by atoms with Crippen molar-refractivity contribution in [3.63, 3.8) is 0 Å². The highest BCUT2D eigenvalue weighted by molar-refractivity contribution is 7.99. The summed E-state index contributed by atoms with van der Waals surface area (Å²) < 4.78 is 0. The first-order valence-corrected chi connectivity index (χ1v) is 7.34. The average Bonchev–Trinajstić information content (AvgIpc) is 2.41. The summed E-state index contributed by atoms with van der Waals surface area (Å²) in [5.41, 5.74) is 8.48. The molecule has 0 aromatic heterocycles. The zero-order valence-electron chi connectivity index (χ0n) is 11.6. The Morgan fingerprint density at radius 1 is 1.25 bits per heavy atom. The molecule has 2 rings (SSSR count). The molecule has 3 N–H and O–H groups in total. The molecule has 0 aliphatic heterocycles. The van der Waals surface area contributed by atoms with Gasteiger partial charge in [-0.3, -0.25) is 4.79 Å². The zero-order valence-corrected chi connectivity index (χ0v) is 12.5. The van der Waals surface area contributed by atoms with Gasteiger partial charge in [-0.1, -0.05) is 29.5 Å². The summed E-state index contributed by atoms with van der Waals surface area (Å²) in [7, 11) is 0. The number of nitrogens with one attached hydrogen (secondary N) is 1. The molecule has 0 saturated heterocycles. The third-order valence-electron chi connectivity index (χ3n) is 2.83. The number of anilines is 1. The Balaban J connectivity index is 2.20. The van der Waals surface area contributed by atoms with Crippen molar-refractivity contribution in [2.75, 3.05) is 12.3 Å². The molecule has 4 heteroatoms. The Labute approximate surface area is 123 Å². The summed E-state index contributed by atoms with van der Waals surface area (Å²) in [6.07, 6.45) is 0. The maximum Gasteiger partial charge on any atom is 0.251 e. The third-order valence-corrected chi connectivity index (χ3v) is 3.91. The van der Waals surface area contributed by atoms with Crippen LogP contribution in [0.4, 0.5) is 5.69 Å². The summed E-state index contributed by atoms with van der Waals surface area (Å²) >= 11 is 1.61. The van der Waals surface area contributed by atoms with Crippen molar-refractivity contribution in [2.45, 2.75) is 23.6 Å². The van der Waals surface area contributed by atoms with Crippen LogP contribution in [-0.4, -0.2) is 12.5 Å². The summed E-state index contributed by atoms with van der Waals surface area (Å²) in [6, 6.07) is 13.7. The number of amides is 1. The lowest BCUT2D eigenvalue weighted by Crippen LogP contribution is -2.22. The average molecular weight is 286 g/mol. The molecule has 3 nitrogen and oxygen atoms in total. The number of aryl methyl sites for hydroxylation is 1. The maximum atomic E-state index is 11.7. The van der Waals surface area contributed by atoms with Gasteiger partial charge in [-0.25, -0.2) is 0 Å². The number of nitrogens with two attached hydrogens (primary N) is 1. The monoisotopic (exact) mass is 286 g/mol. The van der Waals surface area contributed by atoms with Crippen LogP contribution in [0, 0.1) is 6.92 Å². The van der Waals surface area contributed by atoms with E-state index in [0.717, 1.165) is 9.79 Å². The van der Waals surface area contributed by atoms with Gasteiger partial charge in [0.15, 0.2) is 0 Å². The van der Waals surface area contributed by atoms with E-state index in [9.17, 15) is 4.79 Å². The van der Waals surface area contributed by atoms with Gasteiger partial charge in [0, 0.05) is 27.6 Å². The molecular weight excluding hydrogens is 268 g/mol. The third kappa shape index (κ3) is 3.54. The molecule has 20 heavy (non-hydrogen) atoms. The molecule has 0 bridgehead atoms. The second kappa shape index (κ2) is 6.48. The smallest absolute Gasteiger partial charge is 0.251 e. The Bertz CT molecular complexity index is 626. The van der Waals surface area contributed by atoms with E-state index in [0.29, 0.717) is 17.8 Å². The van der Waals surface area contributed by atoms with Gasteiger partial charge >= 0.3 is 0 Å². The molecule has 0 heterocycles. The van der Waals surface area contributed by atoms with Crippen molar-refractivity contribution in [3.05, 3.63) is 53.6 Å². The van der Waals surface area contributed by atoms with Gasteiger partial charge in [0.2, 0.25) is 0 Å². The highest BCUT2D eigenvalue weighted by Crippen LogP contribution is 2.32. The summed E-state index contributed by atoms with van der Waals surface area (Å²) in [5, 5.41) is 2.76. The van der Waals surface area contributed by atoms with Crippen LogP contribution in [0.5, 0.6) is 0 Å². The first kappa shape index (κ1) is 14.5. The second-order valence-electron chi connectivity index (χ2n) is 4.53. The molecule has 0 radical (unpaired) electrons. The van der Waals surface area contributed by atoms with E-state index in [1.807, 2.05) is 19.1 Å². The zero-order chi connectivity index (χ0) is 14.5. The van der Waals surface area contributed by atoms with Crippen LogP contribution >= 0.6 is 11.8 Å². The van der Waals surface area contributed by atoms with Crippen molar-refractivity contribution >= 4 is 23.4 Å². The minimum absolute atomic E-state index is 0.0914. The minimum Gasteiger partial charge on any atom is -0.398 e. The Morgan fingerprint density at radius 2 is 2.05 bits per heavy atom. The van der Waals surface area contributed by atoms with Crippen molar-refractivity contribution in [1.29, 1.82) is 0 Å². The van der Waals surface area contributed by atoms with Gasteiger partial charge in [0.25, 0.3) is 5.91 Å². The van der Waals surface area contributed by atoms with Crippen LogP contribution in [0.2, 0.25) is 0 Å². The second-order valence-corrected chi connectivity index (χ2v) is 5.65. The Kier molecular flexibility index (Phi) is 4.69. The quantitative estimate of drug-likeness (QED) is 0.846. The molecule has 2 aromatic rings. The molecule has 0 aliphatic carbocycles. The van der Waals surface area contributed by atoms with Gasteiger partial charge in [0.1, 0.15) is 0 Å². The molecule has 0 unspecified atom stereocenters. The van der Waals surface area contributed by atoms with Crippen LogP contribution in [0.3, 0.4) is 0 Å².